The van der Waals surface area contributed by atoms with Crippen LogP contribution in [-0.4, -0.2) is 13.1 Å². The lowest BCUT2D eigenvalue weighted by Crippen LogP contribution is -2.10. The predicted molar refractivity (Wildman–Crippen MR) is 51.3 cm³/mol. The summed E-state index contributed by atoms with van der Waals surface area (Å²) in [5, 5.41) is 8.67. The van der Waals surface area contributed by atoms with E-state index in [0.717, 1.165) is 0 Å². The Bertz CT molecular complexity index is 421. The standard InChI is InChI=1S/C9H9N3O2/c1-14-9(13)7-6(11)3-2-5(4-10)8(7)12/h2-3H,11-12H2,1H3. The van der Waals surface area contributed by atoms with E-state index in [1.54, 1.807) is 0 Å². The van der Waals surface area contributed by atoms with Crippen LogP contribution in [0.1, 0.15) is 15.9 Å². The van der Waals surface area contributed by atoms with Crippen LogP contribution in [-0.2, 0) is 4.74 Å². The molecular weight excluding hydrogens is 182 g/mol. The number of methoxy groups -OCH3 is 1. The lowest BCUT2D eigenvalue weighted by Gasteiger charge is -2.07. The largest absolute Gasteiger partial charge is 0.465 e. The molecule has 0 aliphatic heterocycles. The summed E-state index contributed by atoms with van der Waals surface area (Å²) < 4.78 is 4.49. The lowest BCUT2D eigenvalue weighted by molar-refractivity contribution is 0.0603. The van der Waals surface area contributed by atoms with Gasteiger partial charge in [-0.3, -0.25) is 0 Å². The van der Waals surface area contributed by atoms with E-state index >= 15 is 0 Å². The first-order valence-corrected chi connectivity index (χ1v) is 3.78. The number of hydrogen-bond acceptors (Lipinski definition) is 5. The van der Waals surface area contributed by atoms with E-state index in [1.165, 1.54) is 19.2 Å². The monoisotopic (exact) mass is 191 g/mol. The average Bonchev–Trinajstić information content (AvgIpc) is 2.18. The highest BCUT2D eigenvalue weighted by Crippen LogP contribution is 2.23. The third kappa shape index (κ3) is 1.45. The maximum absolute atomic E-state index is 11.2. The summed E-state index contributed by atoms with van der Waals surface area (Å²) in [4.78, 5) is 11.2. The van der Waals surface area contributed by atoms with E-state index in [2.05, 4.69) is 4.74 Å². The number of carbonyl (C=O) groups is 1. The zero-order valence-electron chi connectivity index (χ0n) is 7.57. The van der Waals surface area contributed by atoms with Gasteiger partial charge < -0.3 is 16.2 Å². The molecule has 72 valence electrons. The Balaban J connectivity index is 3.42. The zero-order valence-corrected chi connectivity index (χ0v) is 7.57. The van der Waals surface area contributed by atoms with Crippen molar-refractivity contribution in [3.63, 3.8) is 0 Å². The van der Waals surface area contributed by atoms with Crippen LogP contribution in [0, 0.1) is 11.3 Å². The molecule has 0 fully saturated rings. The molecule has 0 spiro atoms. The van der Waals surface area contributed by atoms with Crippen LogP contribution in [0.5, 0.6) is 0 Å². The number of ether oxygens (including phenoxy) is 1. The number of esters is 1. The van der Waals surface area contributed by atoms with Crippen molar-refractivity contribution in [3.8, 4) is 6.07 Å². The number of rotatable bonds is 1. The minimum Gasteiger partial charge on any atom is -0.465 e. The molecule has 0 bridgehead atoms. The van der Waals surface area contributed by atoms with E-state index in [0.29, 0.717) is 0 Å². The maximum Gasteiger partial charge on any atom is 0.342 e. The van der Waals surface area contributed by atoms with Crippen molar-refractivity contribution in [1.82, 2.24) is 0 Å². The fourth-order valence-corrected chi connectivity index (χ4v) is 1.06. The third-order valence-electron chi connectivity index (χ3n) is 1.79. The van der Waals surface area contributed by atoms with Gasteiger partial charge >= 0.3 is 5.97 Å². The Morgan fingerprint density at radius 2 is 2.14 bits per heavy atom. The zero-order chi connectivity index (χ0) is 10.7. The molecule has 0 radical (unpaired) electrons. The van der Waals surface area contributed by atoms with Gasteiger partial charge in [-0.1, -0.05) is 0 Å². The van der Waals surface area contributed by atoms with Gasteiger partial charge in [0, 0.05) is 5.69 Å². The van der Waals surface area contributed by atoms with Crippen LogP contribution in [0.2, 0.25) is 0 Å². The van der Waals surface area contributed by atoms with Crippen molar-refractivity contribution in [3.05, 3.63) is 23.3 Å². The van der Waals surface area contributed by atoms with E-state index < -0.39 is 5.97 Å². The topological polar surface area (TPSA) is 102 Å². The molecule has 0 saturated carbocycles. The number of nitrogens with zero attached hydrogens (tertiary/aromatic N) is 1. The molecule has 0 unspecified atom stereocenters. The van der Waals surface area contributed by atoms with Crippen LogP contribution in [0.3, 0.4) is 0 Å². The van der Waals surface area contributed by atoms with Gasteiger partial charge in [-0.05, 0) is 12.1 Å². The number of nitriles is 1. The molecule has 0 amide bonds. The molecule has 1 aromatic rings. The first kappa shape index (κ1) is 9.86. The van der Waals surface area contributed by atoms with Gasteiger partial charge in [0.1, 0.15) is 11.6 Å². The minimum absolute atomic E-state index is 0.0477. The molecule has 1 rings (SSSR count). The summed E-state index contributed by atoms with van der Waals surface area (Å²) in [6.45, 7) is 0. The highest BCUT2D eigenvalue weighted by molar-refractivity contribution is 6.01. The average molecular weight is 191 g/mol. The number of carbonyl (C=O) groups excluding carboxylic acids is 1. The first-order valence-electron chi connectivity index (χ1n) is 3.78. The van der Waals surface area contributed by atoms with Gasteiger partial charge in [-0.15, -0.1) is 0 Å². The first-order chi connectivity index (χ1) is 6.61. The molecule has 0 aliphatic rings. The Morgan fingerprint density at radius 1 is 1.50 bits per heavy atom. The Morgan fingerprint density at radius 3 is 2.64 bits per heavy atom. The molecule has 4 N–H and O–H groups in total. The molecule has 1 aromatic carbocycles. The molecule has 0 atom stereocenters. The summed E-state index contributed by atoms with van der Waals surface area (Å²) in [6.07, 6.45) is 0. The molecule has 0 saturated heterocycles. The lowest BCUT2D eigenvalue weighted by atomic mass is 10.1. The number of anilines is 2. The van der Waals surface area contributed by atoms with Gasteiger partial charge in [0.15, 0.2) is 0 Å². The van der Waals surface area contributed by atoms with Gasteiger partial charge in [-0.2, -0.15) is 5.26 Å². The highest BCUT2D eigenvalue weighted by atomic mass is 16.5. The van der Waals surface area contributed by atoms with E-state index in [1.807, 2.05) is 6.07 Å². The normalized spacial score (nSPS) is 9.14. The van der Waals surface area contributed by atoms with Crippen molar-refractivity contribution < 1.29 is 9.53 Å². The van der Waals surface area contributed by atoms with Gasteiger partial charge in [-0.25, -0.2) is 4.79 Å². The summed E-state index contributed by atoms with van der Waals surface area (Å²) in [5.74, 6) is -0.642. The van der Waals surface area contributed by atoms with Crippen LogP contribution < -0.4 is 11.5 Å². The van der Waals surface area contributed by atoms with E-state index in [-0.39, 0.29) is 22.5 Å². The van der Waals surface area contributed by atoms with Crippen molar-refractivity contribution in [2.45, 2.75) is 0 Å². The number of hydrogen-bond donors (Lipinski definition) is 2. The van der Waals surface area contributed by atoms with Gasteiger partial charge in [0.25, 0.3) is 0 Å². The Kier molecular flexibility index (Phi) is 2.58. The second-order valence-corrected chi connectivity index (χ2v) is 2.59. The molecule has 0 aliphatic carbocycles. The Hall–Kier alpha value is -2.22. The highest BCUT2D eigenvalue weighted by Gasteiger charge is 2.16. The van der Waals surface area contributed by atoms with Crippen molar-refractivity contribution in [2.75, 3.05) is 18.6 Å². The second-order valence-electron chi connectivity index (χ2n) is 2.59. The van der Waals surface area contributed by atoms with E-state index in [4.69, 9.17) is 16.7 Å². The van der Waals surface area contributed by atoms with Crippen molar-refractivity contribution >= 4 is 17.3 Å². The van der Waals surface area contributed by atoms with Crippen LogP contribution in [0.25, 0.3) is 0 Å². The van der Waals surface area contributed by atoms with E-state index in [9.17, 15) is 4.79 Å². The molecule has 0 aromatic heterocycles. The van der Waals surface area contributed by atoms with Crippen LogP contribution >= 0.6 is 0 Å². The summed E-state index contributed by atoms with van der Waals surface area (Å²) in [7, 11) is 1.22. The fraction of sp³-hybridized carbons (Fsp3) is 0.111. The molecule has 5 heteroatoms. The van der Waals surface area contributed by atoms with Crippen LogP contribution in [0.4, 0.5) is 11.4 Å². The number of nitrogen functional groups attached to an aromatic ring is 2. The fourth-order valence-electron chi connectivity index (χ4n) is 1.06. The smallest absolute Gasteiger partial charge is 0.342 e. The summed E-state index contributed by atoms with van der Waals surface area (Å²) in [6, 6.07) is 4.75. The molecule has 14 heavy (non-hydrogen) atoms. The summed E-state index contributed by atoms with van der Waals surface area (Å²) in [5.41, 5.74) is 11.6. The van der Waals surface area contributed by atoms with Gasteiger partial charge in [0.2, 0.25) is 0 Å². The van der Waals surface area contributed by atoms with Gasteiger partial charge in [0.05, 0.1) is 18.4 Å². The second kappa shape index (κ2) is 3.66. The minimum atomic E-state index is -0.642. The quantitative estimate of drug-likeness (QED) is 0.497. The maximum atomic E-state index is 11.2. The molecule has 0 heterocycles. The predicted octanol–water partition coefficient (Wildman–Crippen LogP) is 0.509. The van der Waals surface area contributed by atoms with Crippen molar-refractivity contribution in [1.29, 1.82) is 5.26 Å². The molecule has 5 nitrogen and oxygen atoms in total. The number of benzene rings is 1. The Labute approximate surface area is 80.9 Å². The molecular formula is C9H9N3O2. The third-order valence-corrected chi connectivity index (χ3v) is 1.79. The number of nitrogens with two attached hydrogens (primary N) is 2. The SMILES string of the molecule is COC(=O)c1c(N)ccc(C#N)c1N. The van der Waals surface area contributed by atoms with Crippen molar-refractivity contribution in [2.24, 2.45) is 0 Å². The summed E-state index contributed by atoms with van der Waals surface area (Å²) >= 11 is 0. The van der Waals surface area contributed by atoms with Crippen LogP contribution in [0.15, 0.2) is 12.1 Å².